The summed E-state index contributed by atoms with van der Waals surface area (Å²) in [7, 11) is 0. The summed E-state index contributed by atoms with van der Waals surface area (Å²) in [4.78, 5) is 48.5. The third-order valence-corrected chi connectivity index (χ3v) is 6.64. The first-order chi connectivity index (χ1) is 17.0. The third-order valence-electron chi connectivity index (χ3n) is 6.42. The van der Waals surface area contributed by atoms with Crippen molar-refractivity contribution in [2.75, 3.05) is 30.4 Å². The average molecular weight is 498 g/mol. The van der Waals surface area contributed by atoms with Crippen molar-refractivity contribution < 1.29 is 23.5 Å². The van der Waals surface area contributed by atoms with E-state index in [0.29, 0.717) is 42.2 Å². The first-order valence-corrected chi connectivity index (χ1v) is 11.9. The maximum absolute atomic E-state index is 13.2. The Balaban J connectivity index is 1.30. The zero-order valence-electron chi connectivity index (χ0n) is 18.8. The number of amides is 3. The molecule has 3 aromatic heterocycles. The molecule has 1 aliphatic heterocycles. The van der Waals surface area contributed by atoms with Crippen LogP contribution in [0.4, 0.5) is 11.5 Å². The number of nitrogens with one attached hydrogen (secondary N) is 2. The van der Waals surface area contributed by atoms with E-state index in [9.17, 15) is 14.4 Å². The molecule has 0 bridgehead atoms. The number of halogens is 1. The number of hydrogen-bond acceptors (Lipinski definition) is 7. The summed E-state index contributed by atoms with van der Waals surface area (Å²) in [6.07, 6.45) is 5.74. The maximum atomic E-state index is 13.2. The van der Waals surface area contributed by atoms with Gasteiger partial charge in [-0.1, -0.05) is 11.6 Å². The van der Waals surface area contributed by atoms with E-state index in [0.717, 1.165) is 12.8 Å². The minimum absolute atomic E-state index is 0.00681. The Morgan fingerprint density at radius 2 is 1.91 bits per heavy atom. The number of carbonyl (C=O) groups excluding carboxylic acids is 3. The Labute approximate surface area is 206 Å². The third kappa shape index (κ3) is 4.98. The smallest absolute Gasteiger partial charge is 0.294 e. The fraction of sp³-hybridized carbons (Fsp3) is 0.375. The number of hydrogen-bond donors (Lipinski definition) is 2. The molecule has 2 aliphatic rings. The van der Waals surface area contributed by atoms with Crippen molar-refractivity contribution in [2.24, 2.45) is 5.92 Å². The predicted molar refractivity (Wildman–Crippen MR) is 128 cm³/mol. The van der Waals surface area contributed by atoms with Crippen LogP contribution in [-0.4, -0.2) is 58.4 Å². The molecule has 0 aromatic carbocycles. The number of anilines is 2. The Morgan fingerprint density at radius 3 is 2.66 bits per heavy atom. The topological polar surface area (TPSA) is 127 Å². The van der Waals surface area contributed by atoms with Crippen molar-refractivity contribution in [1.29, 1.82) is 0 Å². The fourth-order valence-electron chi connectivity index (χ4n) is 4.63. The Morgan fingerprint density at radius 1 is 1.09 bits per heavy atom. The van der Waals surface area contributed by atoms with Crippen molar-refractivity contribution in [2.45, 2.75) is 31.7 Å². The minimum atomic E-state index is -0.567. The number of aromatic nitrogens is 2. The van der Waals surface area contributed by atoms with Crippen LogP contribution in [-0.2, 0) is 14.3 Å². The van der Waals surface area contributed by atoms with Gasteiger partial charge in [0.15, 0.2) is 0 Å². The fourth-order valence-corrected chi connectivity index (χ4v) is 4.74. The second-order valence-corrected chi connectivity index (χ2v) is 9.05. The highest BCUT2D eigenvalue weighted by Crippen LogP contribution is 2.33. The molecule has 5 rings (SSSR count). The van der Waals surface area contributed by atoms with Crippen molar-refractivity contribution in [3.63, 3.8) is 0 Å². The first kappa shape index (κ1) is 23.3. The normalized spacial score (nSPS) is 20.6. The SMILES string of the molecule is O=C(Nc1ccc(Cl)cn1)c1oc2ncccc2c1NC(=O)C1CCC(N2CCOCC2=O)CC1. The van der Waals surface area contributed by atoms with Crippen LogP contribution in [0.3, 0.4) is 0 Å². The first-order valence-electron chi connectivity index (χ1n) is 11.5. The summed E-state index contributed by atoms with van der Waals surface area (Å²) in [5, 5.41) is 6.53. The molecular weight excluding hydrogens is 474 g/mol. The highest BCUT2D eigenvalue weighted by Gasteiger charge is 2.34. The van der Waals surface area contributed by atoms with Crippen molar-refractivity contribution in [1.82, 2.24) is 14.9 Å². The van der Waals surface area contributed by atoms with Gasteiger partial charge in [-0.15, -0.1) is 0 Å². The van der Waals surface area contributed by atoms with Crippen molar-refractivity contribution in [3.05, 3.63) is 47.4 Å². The molecule has 1 aliphatic carbocycles. The lowest BCUT2D eigenvalue weighted by Gasteiger charge is -2.38. The van der Waals surface area contributed by atoms with Crippen LogP contribution in [0, 0.1) is 5.92 Å². The van der Waals surface area contributed by atoms with Gasteiger partial charge in [0.1, 0.15) is 18.1 Å². The maximum Gasteiger partial charge on any atom is 0.294 e. The summed E-state index contributed by atoms with van der Waals surface area (Å²) in [6.45, 7) is 1.26. The van der Waals surface area contributed by atoms with E-state index in [1.807, 2.05) is 4.90 Å². The zero-order valence-corrected chi connectivity index (χ0v) is 19.6. The highest BCUT2D eigenvalue weighted by atomic mass is 35.5. The largest absolute Gasteiger partial charge is 0.430 e. The molecule has 0 spiro atoms. The van der Waals surface area contributed by atoms with E-state index >= 15 is 0 Å². The molecule has 35 heavy (non-hydrogen) atoms. The van der Waals surface area contributed by atoms with Gasteiger partial charge in [-0.2, -0.15) is 0 Å². The lowest BCUT2D eigenvalue weighted by atomic mass is 9.84. The number of fused-ring (bicyclic) bond motifs is 1. The second-order valence-electron chi connectivity index (χ2n) is 8.61. The number of pyridine rings is 2. The van der Waals surface area contributed by atoms with Crippen LogP contribution >= 0.6 is 11.6 Å². The van der Waals surface area contributed by atoms with E-state index in [-0.39, 0.29) is 47.5 Å². The molecule has 1 saturated heterocycles. The molecule has 2 fully saturated rings. The van der Waals surface area contributed by atoms with Gasteiger partial charge in [0, 0.05) is 30.9 Å². The quantitative estimate of drug-likeness (QED) is 0.552. The molecule has 3 amide bonds. The van der Waals surface area contributed by atoms with Gasteiger partial charge in [-0.25, -0.2) is 9.97 Å². The van der Waals surface area contributed by atoms with Crippen LogP contribution in [0.25, 0.3) is 11.1 Å². The van der Waals surface area contributed by atoms with E-state index < -0.39 is 5.91 Å². The van der Waals surface area contributed by atoms with Crippen LogP contribution in [0.15, 0.2) is 41.1 Å². The van der Waals surface area contributed by atoms with Gasteiger partial charge in [-0.3, -0.25) is 14.4 Å². The summed E-state index contributed by atoms with van der Waals surface area (Å²) in [5.41, 5.74) is 0.515. The monoisotopic (exact) mass is 497 g/mol. The van der Waals surface area contributed by atoms with Crippen molar-refractivity contribution >= 4 is 51.9 Å². The molecule has 182 valence electrons. The highest BCUT2D eigenvalue weighted by molar-refractivity contribution is 6.30. The number of furan rings is 1. The van der Waals surface area contributed by atoms with Crippen LogP contribution in [0.5, 0.6) is 0 Å². The number of nitrogens with zero attached hydrogens (tertiary/aromatic N) is 3. The van der Waals surface area contributed by atoms with Crippen molar-refractivity contribution in [3.8, 4) is 0 Å². The van der Waals surface area contributed by atoms with Gasteiger partial charge < -0.3 is 24.7 Å². The summed E-state index contributed by atoms with van der Waals surface area (Å²) in [6, 6.07) is 6.74. The molecule has 1 saturated carbocycles. The predicted octanol–water partition coefficient (Wildman–Crippen LogP) is 3.48. The van der Waals surface area contributed by atoms with Crippen LogP contribution in [0.1, 0.15) is 36.2 Å². The lowest BCUT2D eigenvalue weighted by molar-refractivity contribution is -0.146. The molecule has 2 N–H and O–H groups in total. The lowest BCUT2D eigenvalue weighted by Crippen LogP contribution is -2.49. The van der Waals surface area contributed by atoms with Gasteiger partial charge in [0.2, 0.25) is 23.3 Å². The summed E-state index contributed by atoms with van der Waals surface area (Å²) < 4.78 is 10.9. The number of rotatable bonds is 5. The summed E-state index contributed by atoms with van der Waals surface area (Å²) in [5.74, 6) is -0.757. The molecule has 0 atom stereocenters. The summed E-state index contributed by atoms with van der Waals surface area (Å²) >= 11 is 5.86. The van der Waals surface area contributed by atoms with Crippen LogP contribution < -0.4 is 10.6 Å². The average Bonchev–Trinajstić information content (AvgIpc) is 3.24. The molecule has 4 heterocycles. The standard InChI is InChI=1S/C24H24ClN5O5/c25-15-5-8-18(27-12-15)28-23(33)21-20(17-2-1-9-26-24(17)35-21)29-22(32)14-3-6-16(7-4-14)30-10-11-34-13-19(30)31/h1-2,5,8-9,12,14,16H,3-4,6-7,10-11,13H2,(H,29,32)(H,27,28,33). The Kier molecular flexibility index (Phi) is 6.65. The number of ether oxygens (including phenoxy) is 1. The van der Waals surface area contributed by atoms with Gasteiger partial charge >= 0.3 is 0 Å². The second kappa shape index (κ2) is 10.0. The van der Waals surface area contributed by atoms with E-state index in [1.54, 1.807) is 30.5 Å². The number of carbonyl (C=O) groups is 3. The van der Waals surface area contributed by atoms with Crippen LogP contribution in [0.2, 0.25) is 5.02 Å². The Hall–Kier alpha value is -3.50. The number of morpholine rings is 1. The molecule has 0 radical (unpaired) electrons. The Bertz CT molecular complexity index is 1250. The van der Waals surface area contributed by atoms with Gasteiger partial charge in [0.25, 0.3) is 5.91 Å². The molecule has 10 nitrogen and oxygen atoms in total. The van der Waals surface area contributed by atoms with E-state index in [4.69, 9.17) is 20.8 Å². The molecular formula is C24H24ClN5O5. The molecule has 11 heteroatoms. The van der Waals surface area contributed by atoms with Gasteiger partial charge in [-0.05, 0) is 49.9 Å². The van der Waals surface area contributed by atoms with E-state index in [1.165, 1.54) is 6.20 Å². The molecule has 3 aromatic rings. The zero-order chi connectivity index (χ0) is 24.4. The molecule has 0 unspecified atom stereocenters. The van der Waals surface area contributed by atoms with Gasteiger partial charge in [0.05, 0.1) is 17.0 Å². The van der Waals surface area contributed by atoms with E-state index in [2.05, 4.69) is 20.6 Å². The minimum Gasteiger partial charge on any atom is -0.430 e.